The normalized spacial score (nSPS) is 12.2. The van der Waals surface area contributed by atoms with Gasteiger partial charge in [-0.1, -0.05) is 32.5 Å². The molecule has 1 aromatic heterocycles. The largest absolute Gasteiger partial charge is 0.393 e. The molecule has 0 saturated carbocycles. The fourth-order valence-electron chi connectivity index (χ4n) is 1.76. The zero-order valence-corrected chi connectivity index (χ0v) is 12.2. The van der Waals surface area contributed by atoms with Crippen molar-refractivity contribution >= 4 is 23.0 Å². The van der Waals surface area contributed by atoms with Gasteiger partial charge in [0.25, 0.3) is 0 Å². The Bertz CT molecular complexity index is 394. The Morgan fingerprint density at radius 2 is 2.17 bits per heavy atom. The fourth-order valence-corrected chi connectivity index (χ4v) is 1.83. The van der Waals surface area contributed by atoms with Gasteiger partial charge in [0.05, 0.1) is 4.99 Å². The average Bonchev–Trinajstić information content (AvgIpc) is 2.36. The molecule has 1 atom stereocenters. The predicted octanol–water partition coefficient (Wildman–Crippen LogP) is 2.18. The molecule has 0 spiro atoms. The number of aromatic nitrogens is 2. The van der Waals surface area contributed by atoms with Gasteiger partial charge in [-0.2, -0.15) is 0 Å². The first-order chi connectivity index (χ1) is 8.58. The second-order valence-electron chi connectivity index (χ2n) is 4.46. The van der Waals surface area contributed by atoms with E-state index in [1.807, 2.05) is 6.92 Å². The Morgan fingerprint density at radius 1 is 1.44 bits per heavy atom. The summed E-state index contributed by atoms with van der Waals surface area (Å²) >= 11 is 5.02. The predicted molar refractivity (Wildman–Crippen MR) is 79.9 cm³/mol. The SMILES string of the molecule is CCCc1cc(N(CC)CC(C)C(N)=S)ncn1. The topological polar surface area (TPSA) is 55.0 Å². The van der Waals surface area contributed by atoms with Crippen LogP contribution in [0, 0.1) is 5.92 Å². The van der Waals surface area contributed by atoms with Gasteiger partial charge in [-0.3, -0.25) is 0 Å². The van der Waals surface area contributed by atoms with Crippen molar-refractivity contribution in [2.45, 2.75) is 33.6 Å². The van der Waals surface area contributed by atoms with Crippen LogP contribution in [0.15, 0.2) is 12.4 Å². The maximum absolute atomic E-state index is 5.67. The first kappa shape index (κ1) is 14.8. The number of aryl methyl sites for hydroxylation is 1. The van der Waals surface area contributed by atoms with Crippen LogP contribution in [0.4, 0.5) is 5.82 Å². The van der Waals surface area contributed by atoms with Crippen LogP contribution in [0.3, 0.4) is 0 Å². The molecule has 0 amide bonds. The van der Waals surface area contributed by atoms with Crippen LogP contribution in [0.25, 0.3) is 0 Å². The zero-order chi connectivity index (χ0) is 13.5. The second kappa shape index (κ2) is 7.26. The molecule has 1 aromatic rings. The Balaban J connectivity index is 2.81. The number of thiocarbonyl (C=S) groups is 1. The molecular formula is C13H22N4S. The maximum Gasteiger partial charge on any atom is 0.132 e. The van der Waals surface area contributed by atoms with Gasteiger partial charge in [-0.15, -0.1) is 0 Å². The van der Waals surface area contributed by atoms with E-state index in [4.69, 9.17) is 18.0 Å². The summed E-state index contributed by atoms with van der Waals surface area (Å²) in [5, 5.41) is 0. The first-order valence-electron chi connectivity index (χ1n) is 6.43. The number of nitrogens with zero attached hydrogens (tertiary/aromatic N) is 3. The lowest BCUT2D eigenvalue weighted by atomic mass is 10.1. The molecule has 5 heteroatoms. The van der Waals surface area contributed by atoms with Gasteiger partial charge < -0.3 is 10.6 Å². The molecule has 18 heavy (non-hydrogen) atoms. The van der Waals surface area contributed by atoms with Crippen molar-refractivity contribution < 1.29 is 0 Å². The minimum absolute atomic E-state index is 0.185. The van der Waals surface area contributed by atoms with E-state index in [0.717, 1.165) is 37.4 Å². The van der Waals surface area contributed by atoms with Crippen LogP contribution in [0.2, 0.25) is 0 Å². The maximum atomic E-state index is 5.67. The first-order valence-corrected chi connectivity index (χ1v) is 6.84. The monoisotopic (exact) mass is 266 g/mol. The van der Waals surface area contributed by atoms with E-state index < -0.39 is 0 Å². The van der Waals surface area contributed by atoms with E-state index in [1.54, 1.807) is 6.33 Å². The highest BCUT2D eigenvalue weighted by Gasteiger charge is 2.13. The summed E-state index contributed by atoms with van der Waals surface area (Å²) in [5.41, 5.74) is 6.75. The molecule has 0 aliphatic rings. The third-order valence-corrected chi connectivity index (χ3v) is 3.30. The average molecular weight is 266 g/mol. The summed E-state index contributed by atoms with van der Waals surface area (Å²) < 4.78 is 0. The Morgan fingerprint density at radius 3 is 2.72 bits per heavy atom. The van der Waals surface area contributed by atoms with Crippen LogP contribution in [-0.2, 0) is 6.42 Å². The smallest absolute Gasteiger partial charge is 0.132 e. The van der Waals surface area contributed by atoms with Crippen molar-refractivity contribution in [3.8, 4) is 0 Å². The highest BCUT2D eigenvalue weighted by atomic mass is 32.1. The molecule has 4 nitrogen and oxygen atoms in total. The van der Waals surface area contributed by atoms with E-state index in [0.29, 0.717) is 4.99 Å². The number of nitrogens with two attached hydrogens (primary N) is 1. The van der Waals surface area contributed by atoms with E-state index in [1.165, 1.54) is 0 Å². The van der Waals surface area contributed by atoms with Gasteiger partial charge in [0.1, 0.15) is 12.1 Å². The molecule has 0 aliphatic carbocycles. The molecule has 0 radical (unpaired) electrons. The number of anilines is 1. The van der Waals surface area contributed by atoms with Gasteiger partial charge in [0.2, 0.25) is 0 Å². The summed E-state index contributed by atoms with van der Waals surface area (Å²) in [6, 6.07) is 2.05. The van der Waals surface area contributed by atoms with Crippen LogP contribution >= 0.6 is 12.2 Å². The van der Waals surface area contributed by atoms with Gasteiger partial charge in [0.15, 0.2) is 0 Å². The Hall–Kier alpha value is -1.23. The number of rotatable bonds is 7. The van der Waals surface area contributed by atoms with Crippen molar-refractivity contribution in [1.82, 2.24) is 9.97 Å². The quantitative estimate of drug-likeness (QED) is 0.767. The minimum atomic E-state index is 0.185. The van der Waals surface area contributed by atoms with Crippen molar-refractivity contribution in [1.29, 1.82) is 0 Å². The summed E-state index contributed by atoms with van der Waals surface area (Å²) in [4.78, 5) is 11.3. The molecular weight excluding hydrogens is 244 g/mol. The van der Waals surface area contributed by atoms with E-state index in [-0.39, 0.29) is 5.92 Å². The van der Waals surface area contributed by atoms with Crippen molar-refractivity contribution in [3.05, 3.63) is 18.1 Å². The number of hydrogen-bond acceptors (Lipinski definition) is 4. The van der Waals surface area contributed by atoms with Crippen LogP contribution in [-0.4, -0.2) is 28.0 Å². The lowest BCUT2D eigenvalue weighted by molar-refractivity contribution is 0.697. The molecule has 0 saturated heterocycles. The van der Waals surface area contributed by atoms with E-state index in [2.05, 4.69) is 34.8 Å². The molecule has 0 fully saturated rings. The fraction of sp³-hybridized carbons (Fsp3) is 0.615. The molecule has 100 valence electrons. The molecule has 1 unspecified atom stereocenters. The third-order valence-electron chi connectivity index (χ3n) is 2.90. The lowest BCUT2D eigenvalue weighted by Crippen LogP contribution is -2.34. The summed E-state index contributed by atoms with van der Waals surface area (Å²) in [6.07, 6.45) is 3.71. The van der Waals surface area contributed by atoms with Gasteiger partial charge in [-0.25, -0.2) is 9.97 Å². The van der Waals surface area contributed by atoms with Crippen molar-refractivity contribution in [2.24, 2.45) is 11.7 Å². The molecule has 0 aliphatic heterocycles. The van der Waals surface area contributed by atoms with Gasteiger partial charge in [0, 0.05) is 30.8 Å². The molecule has 2 N–H and O–H groups in total. The summed E-state index contributed by atoms with van der Waals surface area (Å²) in [5.74, 6) is 1.14. The lowest BCUT2D eigenvalue weighted by Gasteiger charge is -2.25. The molecule has 0 aromatic carbocycles. The van der Waals surface area contributed by atoms with Crippen LogP contribution < -0.4 is 10.6 Å². The minimum Gasteiger partial charge on any atom is -0.393 e. The van der Waals surface area contributed by atoms with Crippen LogP contribution in [0.1, 0.15) is 32.9 Å². The Kier molecular flexibility index (Phi) is 5.98. The number of hydrogen-bond donors (Lipinski definition) is 1. The summed E-state index contributed by atoms with van der Waals surface area (Å²) in [6.45, 7) is 7.98. The van der Waals surface area contributed by atoms with Crippen molar-refractivity contribution in [2.75, 3.05) is 18.0 Å². The van der Waals surface area contributed by atoms with Crippen molar-refractivity contribution in [3.63, 3.8) is 0 Å². The third kappa shape index (κ3) is 4.22. The van der Waals surface area contributed by atoms with E-state index in [9.17, 15) is 0 Å². The standard InChI is InChI=1S/C13H22N4S/c1-4-6-11-7-12(16-9-15-11)17(5-2)8-10(3)13(14)18/h7,9-10H,4-6,8H2,1-3H3,(H2,14,18). The summed E-state index contributed by atoms with van der Waals surface area (Å²) in [7, 11) is 0. The van der Waals surface area contributed by atoms with Gasteiger partial charge >= 0.3 is 0 Å². The zero-order valence-electron chi connectivity index (χ0n) is 11.4. The molecule has 1 rings (SSSR count). The molecule has 0 bridgehead atoms. The van der Waals surface area contributed by atoms with E-state index >= 15 is 0 Å². The van der Waals surface area contributed by atoms with Gasteiger partial charge in [-0.05, 0) is 13.3 Å². The van der Waals surface area contributed by atoms with Crippen LogP contribution in [0.5, 0.6) is 0 Å². The Labute approximate surface area is 115 Å². The highest BCUT2D eigenvalue weighted by Crippen LogP contribution is 2.14. The highest BCUT2D eigenvalue weighted by molar-refractivity contribution is 7.80. The molecule has 1 heterocycles. The second-order valence-corrected chi connectivity index (χ2v) is 4.93.